The number of benzene rings is 1. The molecule has 0 aliphatic carbocycles. The standard InChI is InChI=1S/C6H5ClO2S.Li.H/c7-5-3-1-2-4-6(5)10(8)9;;/h1-4H,(H,8,9);;/q;+1;-1. The molecular formula is C6H6ClLiO2S. The Bertz CT molecular complexity index is 271. The summed E-state index contributed by atoms with van der Waals surface area (Å²) in [6, 6.07) is 6.46. The van der Waals surface area contributed by atoms with Gasteiger partial charge in [-0.25, -0.2) is 4.21 Å². The number of rotatable bonds is 1. The van der Waals surface area contributed by atoms with Crippen LogP contribution in [0.3, 0.4) is 0 Å². The molecule has 0 spiro atoms. The van der Waals surface area contributed by atoms with E-state index in [0.29, 0.717) is 5.02 Å². The Morgan fingerprint density at radius 1 is 1.45 bits per heavy atom. The van der Waals surface area contributed by atoms with E-state index < -0.39 is 11.1 Å². The van der Waals surface area contributed by atoms with Crippen molar-refractivity contribution < 1.29 is 29.0 Å². The van der Waals surface area contributed by atoms with Crippen LogP contribution in [0.25, 0.3) is 0 Å². The van der Waals surface area contributed by atoms with E-state index in [0.717, 1.165) is 0 Å². The van der Waals surface area contributed by atoms with Gasteiger partial charge in [-0.15, -0.1) is 0 Å². The molecular weight excluding hydrogens is 179 g/mol. The van der Waals surface area contributed by atoms with Crippen molar-refractivity contribution in [2.24, 2.45) is 0 Å². The molecule has 1 aromatic rings. The van der Waals surface area contributed by atoms with E-state index in [4.69, 9.17) is 16.2 Å². The number of halogens is 1. The second kappa shape index (κ2) is 4.97. The van der Waals surface area contributed by atoms with E-state index in [1.54, 1.807) is 18.2 Å². The number of hydrogen-bond donors (Lipinski definition) is 1. The summed E-state index contributed by atoms with van der Waals surface area (Å²) in [6.45, 7) is 0. The van der Waals surface area contributed by atoms with Gasteiger partial charge in [0.2, 0.25) is 0 Å². The summed E-state index contributed by atoms with van der Waals surface area (Å²) in [6.07, 6.45) is 0. The molecule has 0 fully saturated rings. The van der Waals surface area contributed by atoms with Gasteiger partial charge in [0.25, 0.3) is 0 Å². The Labute approximate surface area is 85.9 Å². The van der Waals surface area contributed by atoms with Crippen molar-refractivity contribution in [2.45, 2.75) is 4.90 Å². The molecule has 0 bridgehead atoms. The van der Waals surface area contributed by atoms with Crippen LogP contribution in [-0.2, 0) is 11.1 Å². The second-order valence-electron chi connectivity index (χ2n) is 1.68. The molecule has 0 aliphatic rings. The molecule has 0 saturated carbocycles. The van der Waals surface area contributed by atoms with E-state index in [2.05, 4.69) is 0 Å². The monoisotopic (exact) mass is 184 g/mol. The SMILES string of the molecule is O=S(O)c1ccccc1Cl.[H-].[Li+]. The third-order valence-electron chi connectivity index (χ3n) is 1.02. The summed E-state index contributed by atoms with van der Waals surface area (Å²) in [5.41, 5.74) is 0. The van der Waals surface area contributed by atoms with Crippen LogP contribution in [0.2, 0.25) is 5.02 Å². The Balaban J connectivity index is 0. The predicted octanol–water partition coefficient (Wildman–Crippen LogP) is -0.963. The summed E-state index contributed by atoms with van der Waals surface area (Å²) >= 11 is 3.59. The van der Waals surface area contributed by atoms with Gasteiger partial charge in [-0.1, -0.05) is 23.7 Å². The van der Waals surface area contributed by atoms with Crippen LogP contribution in [0, 0.1) is 0 Å². The summed E-state index contributed by atoms with van der Waals surface area (Å²) in [5.74, 6) is 0. The van der Waals surface area contributed by atoms with Crippen LogP contribution >= 0.6 is 11.6 Å². The first-order valence-electron chi connectivity index (χ1n) is 2.57. The Morgan fingerprint density at radius 3 is 2.36 bits per heavy atom. The summed E-state index contributed by atoms with van der Waals surface area (Å²) in [5, 5.41) is 0.323. The third-order valence-corrected chi connectivity index (χ3v) is 2.20. The van der Waals surface area contributed by atoms with Gasteiger partial charge in [-0.05, 0) is 12.1 Å². The van der Waals surface area contributed by atoms with E-state index in [1.165, 1.54) is 6.07 Å². The maximum atomic E-state index is 10.4. The zero-order chi connectivity index (χ0) is 7.56. The minimum Gasteiger partial charge on any atom is -1.00 e. The van der Waals surface area contributed by atoms with Gasteiger partial charge in [0.1, 0.15) is 0 Å². The fourth-order valence-corrected chi connectivity index (χ4v) is 1.35. The molecule has 1 rings (SSSR count). The third kappa shape index (κ3) is 2.98. The molecule has 5 heteroatoms. The molecule has 0 heterocycles. The fraction of sp³-hybridized carbons (Fsp3) is 0. The average Bonchev–Trinajstić information content (AvgIpc) is 1.88. The first kappa shape index (κ1) is 11.2. The number of hydrogen-bond acceptors (Lipinski definition) is 1. The molecule has 1 atom stereocenters. The molecule has 56 valence electrons. The maximum Gasteiger partial charge on any atom is 1.00 e. The Kier molecular flexibility index (Phi) is 5.07. The maximum absolute atomic E-state index is 10.4. The van der Waals surface area contributed by atoms with Crippen molar-refractivity contribution in [3.63, 3.8) is 0 Å². The molecule has 1 aromatic carbocycles. The van der Waals surface area contributed by atoms with E-state index in [1.807, 2.05) is 0 Å². The molecule has 1 N–H and O–H groups in total. The Hall–Kier alpha value is 0.217. The van der Waals surface area contributed by atoms with Crippen LogP contribution in [0.15, 0.2) is 29.2 Å². The predicted molar refractivity (Wildman–Crippen MR) is 41.6 cm³/mol. The summed E-state index contributed by atoms with van der Waals surface area (Å²) in [4.78, 5) is 0.254. The van der Waals surface area contributed by atoms with Gasteiger partial charge < -0.3 is 5.98 Å². The van der Waals surface area contributed by atoms with Crippen molar-refractivity contribution in [1.82, 2.24) is 0 Å². The van der Waals surface area contributed by atoms with Crippen LogP contribution in [-0.4, -0.2) is 8.76 Å². The summed E-state index contributed by atoms with van der Waals surface area (Å²) < 4.78 is 19.0. The van der Waals surface area contributed by atoms with Crippen LogP contribution < -0.4 is 18.9 Å². The molecule has 0 saturated heterocycles. The molecule has 0 aliphatic heterocycles. The largest absolute Gasteiger partial charge is 1.00 e. The topological polar surface area (TPSA) is 37.3 Å². The van der Waals surface area contributed by atoms with E-state index in [-0.39, 0.29) is 25.2 Å². The zero-order valence-electron chi connectivity index (χ0n) is 6.95. The minimum absolute atomic E-state index is 0. The van der Waals surface area contributed by atoms with Gasteiger partial charge in [0.05, 0.1) is 9.92 Å². The molecule has 2 nitrogen and oxygen atoms in total. The van der Waals surface area contributed by atoms with Gasteiger partial charge in [0.15, 0.2) is 11.1 Å². The molecule has 0 amide bonds. The van der Waals surface area contributed by atoms with Crippen LogP contribution in [0.1, 0.15) is 1.43 Å². The molecule has 1 unspecified atom stereocenters. The average molecular weight is 185 g/mol. The first-order valence-corrected chi connectivity index (χ1v) is 4.05. The Morgan fingerprint density at radius 2 is 2.00 bits per heavy atom. The molecule has 0 radical (unpaired) electrons. The summed E-state index contributed by atoms with van der Waals surface area (Å²) in [7, 11) is 0. The van der Waals surface area contributed by atoms with Crippen molar-refractivity contribution in [3.05, 3.63) is 29.3 Å². The van der Waals surface area contributed by atoms with Gasteiger partial charge in [-0.2, -0.15) is 0 Å². The normalized spacial score (nSPS) is 11.8. The van der Waals surface area contributed by atoms with Crippen LogP contribution in [0.5, 0.6) is 0 Å². The van der Waals surface area contributed by atoms with Crippen molar-refractivity contribution in [1.29, 1.82) is 0 Å². The first-order chi connectivity index (χ1) is 4.72. The zero-order valence-corrected chi connectivity index (χ0v) is 7.52. The van der Waals surface area contributed by atoms with Gasteiger partial charge >= 0.3 is 18.9 Å². The van der Waals surface area contributed by atoms with Crippen molar-refractivity contribution in [2.75, 3.05) is 0 Å². The molecule has 11 heavy (non-hydrogen) atoms. The van der Waals surface area contributed by atoms with Crippen molar-refractivity contribution >= 4 is 22.7 Å². The second-order valence-corrected chi connectivity index (χ2v) is 3.02. The van der Waals surface area contributed by atoms with E-state index in [9.17, 15) is 4.21 Å². The molecule has 0 aromatic heterocycles. The minimum atomic E-state index is -1.97. The smallest absolute Gasteiger partial charge is 1.00 e. The van der Waals surface area contributed by atoms with Crippen LogP contribution in [0.4, 0.5) is 0 Å². The quantitative estimate of drug-likeness (QED) is 0.451. The van der Waals surface area contributed by atoms with Gasteiger partial charge in [0, 0.05) is 0 Å². The van der Waals surface area contributed by atoms with Gasteiger partial charge in [-0.3, -0.25) is 0 Å². The van der Waals surface area contributed by atoms with Crippen molar-refractivity contribution in [3.8, 4) is 0 Å². The van der Waals surface area contributed by atoms with E-state index >= 15 is 0 Å². The fourth-order valence-electron chi connectivity index (χ4n) is 0.586.